The molecule has 1 aromatic carbocycles. The number of fused-ring (bicyclic) bond motifs is 2. The van der Waals surface area contributed by atoms with E-state index in [0.717, 1.165) is 6.20 Å². The van der Waals surface area contributed by atoms with E-state index in [1.54, 1.807) is 13.0 Å². The fourth-order valence-electron chi connectivity index (χ4n) is 7.02. The third-order valence-corrected chi connectivity index (χ3v) is 9.10. The van der Waals surface area contributed by atoms with Gasteiger partial charge in [0.2, 0.25) is 11.8 Å². The minimum absolute atomic E-state index is 0.127. The summed E-state index contributed by atoms with van der Waals surface area (Å²) in [6.45, 7) is 7.62. The second-order valence-corrected chi connectivity index (χ2v) is 13.3. The van der Waals surface area contributed by atoms with Crippen LogP contribution in [0.1, 0.15) is 56.6 Å². The summed E-state index contributed by atoms with van der Waals surface area (Å²) in [5.74, 6) is -3.85. The molecule has 9 nitrogen and oxygen atoms in total. The molecule has 5 unspecified atom stereocenters. The first-order valence-corrected chi connectivity index (χ1v) is 14.6. The number of allylic oxidation sites excluding steroid dienone is 4. The Balaban J connectivity index is 1.69. The van der Waals surface area contributed by atoms with E-state index in [0.29, 0.717) is 6.42 Å². The first kappa shape index (κ1) is 31.6. The van der Waals surface area contributed by atoms with Crippen molar-refractivity contribution in [2.24, 2.45) is 16.7 Å². The maximum Gasteiger partial charge on any atom is 0.337 e. The van der Waals surface area contributed by atoms with Gasteiger partial charge in [0.1, 0.15) is 22.8 Å². The van der Waals surface area contributed by atoms with Crippen LogP contribution in [0.3, 0.4) is 0 Å². The number of carbonyl (C=O) groups is 3. The highest BCUT2D eigenvalue weighted by atomic mass is 35.5. The predicted octanol–water partition coefficient (Wildman–Crippen LogP) is 5.62. The van der Waals surface area contributed by atoms with E-state index < -0.39 is 58.3 Å². The second kappa shape index (κ2) is 11.3. The van der Waals surface area contributed by atoms with Crippen LogP contribution >= 0.6 is 11.6 Å². The summed E-state index contributed by atoms with van der Waals surface area (Å²) in [5, 5.41) is 8.91. The molecule has 0 bridgehead atoms. The van der Waals surface area contributed by atoms with Crippen molar-refractivity contribution in [3.63, 3.8) is 0 Å². The van der Waals surface area contributed by atoms with E-state index in [2.05, 4.69) is 20.9 Å². The van der Waals surface area contributed by atoms with E-state index >= 15 is 4.39 Å². The predicted molar refractivity (Wildman–Crippen MR) is 162 cm³/mol. The number of ether oxygens (including phenoxy) is 2. The molecule has 1 aromatic heterocycles. The zero-order valence-electron chi connectivity index (χ0n) is 25.3. The van der Waals surface area contributed by atoms with Crippen LogP contribution in [0.4, 0.5) is 20.2 Å². The number of hydrogen-bond donors (Lipinski definition) is 3. The van der Waals surface area contributed by atoms with E-state index in [1.165, 1.54) is 44.6 Å². The highest BCUT2D eigenvalue weighted by Crippen LogP contribution is 2.61. The molecule has 2 aliphatic heterocycles. The third kappa shape index (κ3) is 5.05. The van der Waals surface area contributed by atoms with Crippen molar-refractivity contribution in [3.8, 4) is 5.75 Å². The molecule has 5 rings (SSSR count). The summed E-state index contributed by atoms with van der Waals surface area (Å²) < 4.78 is 40.9. The van der Waals surface area contributed by atoms with Crippen LogP contribution in [0.15, 0.2) is 53.5 Å². The van der Waals surface area contributed by atoms with E-state index in [4.69, 9.17) is 21.1 Å². The first-order chi connectivity index (χ1) is 20.7. The summed E-state index contributed by atoms with van der Waals surface area (Å²) in [6.07, 6.45) is 4.72. The smallest absolute Gasteiger partial charge is 0.337 e. The van der Waals surface area contributed by atoms with Crippen LogP contribution in [0.25, 0.3) is 0 Å². The van der Waals surface area contributed by atoms with Gasteiger partial charge in [0.05, 0.1) is 54.1 Å². The van der Waals surface area contributed by atoms with Crippen LogP contribution in [0, 0.1) is 22.6 Å². The van der Waals surface area contributed by atoms with Crippen LogP contribution in [0.5, 0.6) is 5.75 Å². The minimum Gasteiger partial charge on any atom is -0.495 e. The number of benzene rings is 1. The van der Waals surface area contributed by atoms with Gasteiger partial charge in [-0.15, -0.1) is 0 Å². The molecule has 2 amide bonds. The van der Waals surface area contributed by atoms with Crippen LogP contribution in [-0.2, 0) is 19.7 Å². The molecule has 234 valence electrons. The number of halogens is 3. The number of pyridine rings is 1. The highest BCUT2D eigenvalue weighted by molar-refractivity contribution is 6.31. The van der Waals surface area contributed by atoms with Gasteiger partial charge >= 0.3 is 5.97 Å². The van der Waals surface area contributed by atoms with Gasteiger partial charge in [-0.1, -0.05) is 45.4 Å². The number of aromatic nitrogens is 1. The van der Waals surface area contributed by atoms with Crippen LogP contribution in [0.2, 0.25) is 0 Å². The molecular weight excluding hydrogens is 594 g/mol. The lowest BCUT2D eigenvalue weighted by Gasteiger charge is -2.45. The number of hydrogen-bond acceptors (Lipinski definition) is 7. The van der Waals surface area contributed by atoms with Crippen molar-refractivity contribution < 1.29 is 32.6 Å². The standard InChI is InChI=1S/C32H35ClF2N4O5/c1-30(2,3)14-22-32(26-20(38-29(32)42)13-17(34)15-36-26)24(31(4)11-7-8-18(33)25(31)35)23(39-22)27(40)37-19-10-9-16(28(41)44-6)12-21(19)43-5/h7-10,12-13,15,22-24,39H,11,14H2,1-6H3,(H,37,40)(H,38,42). The van der Waals surface area contributed by atoms with Gasteiger partial charge in [-0.2, -0.15) is 0 Å². The number of amides is 2. The van der Waals surface area contributed by atoms with Crippen molar-refractivity contribution in [1.29, 1.82) is 0 Å². The van der Waals surface area contributed by atoms with Gasteiger partial charge in [-0.3, -0.25) is 14.6 Å². The zero-order valence-corrected chi connectivity index (χ0v) is 26.1. The number of nitrogens with zero attached hydrogens (tertiary/aromatic N) is 1. The Labute approximate surface area is 259 Å². The Hall–Kier alpha value is -3.83. The Kier molecular flexibility index (Phi) is 8.09. The quantitative estimate of drug-likeness (QED) is 0.355. The molecule has 2 aromatic rings. The minimum atomic E-state index is -1.58. The average molecular weight is 629 g/mol. The molecule has 44 heavy (non-hydrogen) atoms. The Morgan fingerprint density at radius 2 is 1.93 bits per heavy atom. The normalized spacial score (nSPS) is 27.8. The maximum absolute atomic E-state index is 16.3. The molecule has 3 N–H and O–H groups in total. The molecule has 5 atom stereocenters. The molecule has 1 saturated heterocycles. The molecule has 0 saturated carbocycles. The molecule has 3 heterocycles. The molecular formula is C32H35ClF2N4O5. The van der Waals surface area contributed by atoms with Gasteiger partial charge < -0.3 is 25.4 Å². The summed E-state index contributed by atoms with van der Waals surface area (Å²) in [5.41, 5.74) is -2.50. The highest BCUT2D eigenvalue weighted by Gasteiger charge is 2.71. The number of methoxy groups -OCH3 is 2. The van der Waals surface area contributed by atoms with Crippen molar-refractivity contribution in [2.45, 2.75) is 58.0 Å². The summed E-state index contributed by atoms with van der Waals surface area (Å²) in [6, 6.07) is 3.73. The number of nitrogens with one attached hydrogen (secondary N) is 3. The lowest BCUT2D eigenvalue weighted by atomic mass is 9.55. The summed E-state index contributed by atoms with van der Waals surface area (Å²) in [4.78, 5) is 45.1. The van der Waals surface area contributed by atoms with Crippen molar-refractivity contribution in [3.05, 3.63) is 70.5 Å². The number of esters is 1. The Morgan fingerprint density at radius 3 is 2.59 bits per heavy atom. The van der Waals surface area contributed by atoms with E-state index in [1.807, 2.05) is 20.8 Å². The second-order valence-electron chi connectivity index (χ2n) is 12.9. The van der Waals surface area contributed by atoms with Gasteiger partial charge in [-0.05, 0) is 42.5 Å². The topological polar surface area (TPSA) is 119 Å². The fourth-order valence-corrected chi connectivity index (χ4v) is 7.32. The first-order valence-electron chi connectivity index (χ1n) is 14.2. The number of rotatable bonds is 6. The molecule has 3 aliphatic rings. The van der Waals surface area contributed by atoms with Gasteiger partial charge in [0.25, 0.3) is 0 Å². The fraction of sp³-hybridized carbons (Fsp3) is 0.438. The molecule has 1 aliphatic carbocycles. The van der Waals surface area contributed by atoms with E-state index in [-0.39, 0.29) is 45.2 Å². The number of anilines is 2. The molecule has 1 spiro atoms. The Morgan fingerprint density at radius 1 is 1.20 bits per heavy atom. The molecule has 0 radical (unpaired) electrons. The molecule has 1 fully saturated rings. The number of carbonyl (C=O) groups excluding carboxylic acids is 3. The van der Waals surface area contributed by atoms with Gasteiger partial charge in [-0.25, -0.2) is 13.6 Å². The van der Waals surface area contributed by atoms with Crippen LogP contribution in [-0.4, -0.2) is 49.1 Å². The monoisotopic (exact) mass is 628 g/mol. The van der Waals surface area contributed by atoms with Gasteiger partial charge in [0, 0.05) is 23.4 Å². The van der Waals surface area contributed by atoms with E-state index in [9.17, 15) is 18.8 Å². The summed E-state index contributed by atoms with van der Waals surface area (Å²) >= 11 is 6.35. The lowest BCUT2D eigenvalue weighted by Crippen LogP contribution is -2.55. The third-order valence-electron chi connectivity index (χ3n) is 8.81. The lowest BCUT2D eigenvalue weighted by molar-refractivity contribution is -0.126. The van der Waals surface area contributed by atoms with Crippen molar-refractivity contribution in [1.82, 2.24) is 10.3 Å². The van der Waals surface area contributed by atoms with Crippen LogP contribution < -0.4 is 20.7 Å². The average Bonchev–Trinajstić information content (AvgIpc) is 3.45. The SMILES string of the molecule is COC(=O)c1ccc(NC(=O)C2NC(CC(C)(C)C)C3(C(=O)Nc4cc(F)cnc43)C2C2(C)CC=CC(Cl)=C2F)c(OC)c1. The van der Waals surface area contributed by atoms with Crippen molar-refractivity contribution in [2.75, 3.05) is 24.9 Å². The largest absolute Gasteiger partial charge is 0.495 e. The molecule has 12 heteroatoms. The summed E-state index contributed by atoms with van der Waals surface area (Å²) in [7, 11) is 2.64. The maximum atomic E-state index is 16.3. The Bertz CT molecular complexity index is 1610. The zero-order chi connectivity index (χ0) is 32.2. The van der Waals surface area contributed by atoms with Crippen molar-refractivity contribution >= 4 is 40.8 Å². The van der Waals surface area contributed by atoms with Gasteiger partial charge in [0.15, 0.2) is 0 Å².